The molecule has 2 aliphatic heterocycles. The number of cyclic esters (lactones) is 1. The number of carbonyl (C=O) groups excluding carboxylic acids is 3. The van der Waals surface area contributed by atoms with E-state index in [1.54, 1.807) is 12.1 Å². The zero-order chi connectivity index (χ0) is 24.6. The van der Waals surface area contributed by atoms with Crippen LogP contribution in [0.3, 0.4) is 0 Å². The van der Waals surface area contributed by atoms with Gasteiger partial charge in [0.2, 0.25) is 18.0 Å². The second kappa shape index (κ2) is 8.76. The average molecular weight is 480 g/mol. The summed E-state index contributed by atoms with van der Waals surface area (Å²) in [6, 6.07) is 6.73. The summed E-state index contributed by atoms with van der Waals surface area (Å²) in [4.78, 5) is 39.4. The number of nitrogens with one attached hydrogen (secondary N) is 1. The first-order valence-corrected chi connectivity index (χ1v) is 10.1. The lowest BCUT2D eigenvalue weighted by Gasteiger charge is -2.29. The lowest BCUT2D eigenvalue weighted by atomic mass is 10.1. The minimum atomic E-state index is -4.84. The first kappa shape index (κ1) is 23.2. The van der Waals surface area contributed by atoms with E-state index in [2.05, 4.69) is 10.1 Å². The number of esters is 1. The van der Waals surface area contributed by atoms with Gasteiger partial charge in [0.15, 0.2) is 11.5 Å². The van der Waals surface area contributed by atoms with Crippen LogP contribution in [0.1, 0.15) is 35.0 Å². The van der Waals surface area contributed by atoms with E-state index in [9.17, 15) is 27.6 Å². The highest BCUT2D eigenvalue weighted by Crippen LogP contribution is 2.45. The van der Waals surface area contributed by atoms with Crippen molar-refractivity contribution in [2.45, 2.75) is 31.5 Å². The van der Waals surface area contributed by atoms with Crippen molar-refractivity contribution < 1.29 is 46.5 Å². The highest BCUT2D eigenvalue weighted by atomic mass is 19.4. The van der Waals surface area contributed by atoms with Crippen molar-refractivity contribution in [3.63, 3.8) is 0 Å². The zero-order valence-corrected chi connectivity index (χ0v) is 18.0. The van der Waals surface area contributed by atoms with E-state index in [0.717, 1.165) is 12.1 Å². The van der Waals surface area contributed by atoms with Crippen LogP contribution < -0.4 is 19.5 Å². The number of hydrogen-bond acceptors (Lipinski definition) is 7. The molecule has 0 aromatic heterocycles. The molecule has 12 heteroatoms. The summed E-state index contributed by atoms with van der Waals surface area (Å²) in [5.41, 5.74) is 0.657. The standard InChI is InChI=1S/C22H19F3N2O7/c1-31-15-9-7-13-17(18(15)32-2)21(30)33-20(13)27-14(8-10-16(27)28)19(29)26-11-3-5-12(6-4-11)34-22(23,24)25/h3-7,9,14,20H,8,10H2,1-2H3,(H,26,29)/t14-,20-/m1/s1. The lowest BCUT2D eigenvalue weighted by Crippen LogP contribution is -2.43. The number of benzene rings is 2. The fraction of sp³-hybridized carbons (Fsp3) is 0.318. The Morgan fingerprint density at radius 1 is 1.09 bits per heavy atom. The number of amides is 2. The van der Waals surface area contributed by atoms with E-state index in [4.69, 9.17) is 14.2 Å². The Kier molecular flexibility index (Phi) is 5.98. The lowest BCUT2D eigenvalue weighted by molar-refractivity contribution is -0.274. The van der Waals surface area contributed by atoms with Crippen LogP contribution in [0.15, 0.2) is 36.4 Å². The third-order valence-corrected chi connectivity index (χ3v) is 5.43. The van der Waals surface area contributed by atoms with Crippen LogP contribution in [-0.4, -0.2) is 49.3 Å². The fourth-order valence-electron chi connectivity index (χ4n) is 4.01. The molecule has 2 aliphatic rings. The van der Waals surface area contributed by atoms with Crippen molar-refractivity contribution in [3.8, 4) is 17.2 Å². The summed E-state index contributed by atoms with van der Waals surface area (Å²) in [5.74, 6) is -1.69. The van der Waals surface area contributed by atoms with Crippen molar-refractivity contribution >= 4 is 23.5 Å². The molecule has 2 amide bonds. The topological polar surface area (TPSA) is 103 Å². The SMILES string of the molecule is COc1ccc2c(c1OC)C(=O)O[C@H]2N1C(=O)CC[C@@H]1C(=O)Nc1ccc(OC(F)(F)F)cc1. The molecule has 1 saturated heterocycles. The molecule has 1 N–H and O–H groups in total. The molecule has 180 valence electrons. The minimum Gasteiger partial charge on any atom is -0.493 e. The molecule has 4 rings (SSSR count). The number of likely N-dealkylation sites (tertiary alicyclic amines) is 1. The molecule has 0 radical (unpaired) electrons. The van der Waals surface area contributed by atoms with Crippen molar-refractivity contribution in [1.82, 2.24) is 4.90 Å². The summed E-state index contributed by atoms with van der Waals surface area (Å²) in [6.07, 6.45) is -5.77. The van der Waals surface area contributed by atoms with Gasteiger partial charge < -0.3 is 24.3 Å². The monoisotopic (exact) mass is 480 g/mol. The Bertz CT molecular complexity index is 1130. The van der Waals surface area contributed by atoms with Gasteiger partial charge in [-0.15, -0.1) is 13.2 Å². The van der Waals surface area contributed by atoms with Crippen LogP contribution in [0.4, 0.5) is 18.9 Å². The molecule has 2 aromatic rings. The summed E-state index contributed by atoms with van der Waals surface area (Å²) in [5, 5.41) is 2.57. The van der Waals surface area contributed by atoms with Crippen LogP contribution in [-0.2, 0) is 14.3 Å². The Morgan fingerprint density at radius 3 is 2.41 bits per heavy atom. The zero-order valence-electron chi connectivity index (χ0n) is 18.0. The number of rotatable bonds is 6. The number of nitrogens with zero attached hydrogens (tertiary/aromatic N) is 1. The van der Waals surface area contributed by atoms with Gasteiger partial charge in [0.05, 0.1) is 14.2 Å². The van der Waals surface area contributed by atoms with Crippen molar-refractivity contribution in [2.75, 3.05) is 19.5 Å². The van der Waals surface area contributed by atoms with Crippen LogP contribution in [0.25, 0.3) is 0 Å². The third-order valence-electron chi connectivity index (χ3n) is 5.43. The van der Waals surface area contributed by atoms with Crippen molar-refractivity contribution in [1.29, 1.82) is 0 Å². The second-order valence-corrected chi connectivity index (χ2v) is 7.44. The van der Waals surface area contributed by atoms with Gasteiger partial charge in [-0.25, -0.2) is 4.79 Å². The maximum Gasteiger partial charge on any atom is 0.573 e. The Labute approximate surface area is 191 Å². The Morgan fingerprint density at radius 2 is 1.79 bits per heavy atom. The number of halogens is 3. The Balaban J connectivity index is 1.56. The highest BCUT2D eigenvalue weighted by Gasteiger charge is 2.47. The average Bonchev–Trinajstić information content (AvgIpc) is 3.33. The molecular formula is C22H19F3N2O7. The number of carbonyl (C=O) groups is 3. The molecule has 2 atom stereocenters. The maximum atomic E-state index is 13.0. The van der Waals surface area contributed by atoms with Crippen LogP contribution in [0, 0.1) is 0 Å². The van der Waals surface area contributed by atoms with Gasteiger partial charge >= 0.3 is 12.3 Å². The normalized spacial score (nSPS) is 19.5. The van der Waals surface area contributed by atoms with Crippen LogP contribution >= 0.6 is 0 Å². The molecule has 0 spiro atoms. The van der Waals surface area contributed by atoms with Gasteiger partial charge in [-0.3, -0.25) is 14.5 Å². The molecule has 34 heavy (non-hydrogen) atoms. The van der Waals surface area contributed by atoms with Crippen LogP contribution in [0.2, 0.25) is 0 Å². The number of hydrogen-bond donors (Lipinski definition) is 1. The number of methoxy groups -OCH3 is 2. The summed E-state index contributed by atoms with van der Waals surface area (Å²) < 4.78 is 56.7. The molecular weight excluding hydrogens is 461 g/mol. The predicted molar refractivity (Wildman–Crippen MR) is 109 cm³/mol. The number of fused-ring (bicyclic) bond motifs is 1. The summed E-state index contributed by atoms with van der Waals surface area (Å²) in [7, 11) is 2.77. The number of anilines is 1. The van der Waals surface area contributed by atoms with E-state index < -0.39 is 42.2 Å². The van der Waals surface area contributed by atoms with Crippen molar-refractivity contribution in [3.05, 3.63) is 47.5 Å². The van der Waals surface area contributed by atoms with Gasteiger partial charge in [-0.1, -0.05) is 0 Å². The van der Waals surface area contributed by atoms with E-state index >= 15 is 0 Å². The quantitative estimate of drug-likeness (QED) is 0.632. The van der Waals surface area contributed by atoms with Crippen molar-refractivity contribution in [2.24, 2.45) is 0 Å². The number of alkyl halides is 3. The fourth-order valence-corrected chi connectivity index (χ4v) is 4.01. The van der Waals surface area contributed by atoms with Gasteiger partial charge in [-0.2, -0.15) is 0 Å². The molecule has 0 aliphatic carbocycles. The maximum absolute atomic E-state index is 13.0. The van der Waals surface area contributed by atoms with Gasteiger partial charge in [-0.05, 0) is 42.8 Å². The highest BCUT2D eigenvalue weighted by molar-refractivity contribution is 6.01. The number of ether oxygens (including phenoxy) is 4. The summed E-state index contributed by atoms with van der Waals surface area (Å²) in [6.45, 7) is 0. The molecule has 0 saturated carbocycles. The second-order valence-electron chi connectivity index (χ2n) is 7.44. The van der Waals surface area contributed by atoms with Gasteiger partial charge in [0, 0.05) is 17.7 Å². The molecule has 1 fully saturated rings. The third kappa shape index (κ3) is 4.30. The minimum absolute atomic E-state index is 0.0487. The van der Waals surface area contributed by atoms with E-state index in [-0.39, 0.29) is 29.8 Å². The Hall–Kier alpha value is -3.96. The van der Waals surface area contributed by atoms with Gasteiger partial charge in [0.1, 0.15) is 17.4 Å². The molecule has 2 aromatic carbocycles. The molecule has 9 nitrogen and oxygen atoms in total. The van der Waals surface area contributed by atoms with Crippen LogP contribution in [0.5, 0.6) is 17.2 Å². The van der Waals surface area contributed by atoms with E-state index in [1.165, 1.54) is 31.3 Å². The van der Waals surface area contributed by atoms with Gasteiger partial charge in [0.25, 0.3) is 0 Å². The first-order valence-electron chi connectivity index (χ1n) is 10.1. The molecule has 0 bridgehead atoms. The smallest absolute Gasteiger partial charge is 0.493 e. The summed E-state index contributed by atoms with van der Waals surface area (Å²) >= 11 is 0. The van der Waals surface area contributed by atoms with E-state index in [1.807, 2.05) is 0 Å². The largest absolute Gasteiger partial charge is 0.573 e. The van der Waals surface area contributed by atoms with E-state index in [0.29, 0.717) is 11.3 Å². The first-order chi connectivity index (χ1) is 16.1. The predicted octanol–water partition coefficient (Wildman–Crippen LogP) is 3.40. The molecule has 0 unspecified atom stereocenters. The molecule has 2 heterocycles.